The van der Waals surface area contributed by atoms with E-state index in [9.17, 15) is 17.6 Å². The first kappa shape index (κ1) is 17.3. The molecule has 0 bridgehead atoms. The minimum Gasteiger partial charge on any atom is -0.464 e. The summed E-state index contributed by atoms with van der Waals surface area (Å²) >= 11 is 5.73. The maximum Gasteiger partial charge on any atom is 0.358 e. The van der Waals surface area contributed by atoms with Gasteiger partial charge in [-0.3, -0.25) is 4.98 Å². The number of nitrogens with zero attached hydrogens (tertiary/aromatic N) is 2. The molecule has 0 atom stereocenters. The van der Waals surface area contributed by atoms with E-state index in [1.165, 1.54) is 7.05 Å². The van der Waals surface area contributed by atoms with Crippen LogP contribution in [0, 0.1) is 5.82 Å². The third-order valence-corrected chi connectivity index (χ3v) is 4.65. The van der Waals surface area contributed by atoms with Crippen LogP contribution in [0.2, 0.25) is 5.02 Å². The van der Waals surface area contributed by atoms with Crippen LogP contribution in [-0.4, -0.2) is 38.5 Å². The molecule has 0 unspecified atom stereocenters. The Labute approximate surface area is 136 Å². The Hall–Kier alpha value is -2.10. The molecular weight excluding hydrogens is 349 g/mol. The van der Waals surface area contributed by atoms with E-state index in [0.29, 0.717) is 0 Å². The largest absolute Gasteiger partial charge is 0.464 e. The number of ether oxygens (including phenoxy) is 1. The molecule has 0 saturated heterocycles. The predicted octanol–water partition coefficient (Wildman–Crippen LogP) is 1.63. The van der Waals surface area contributed by atoms with Gasteiger partial charge in [0.2, 0.25) is 10.0 Å². The average molecular weight is 360 g/mol. The minimum absolute atomic E-state index is 0.165. The topological polar surface area (TPSA) is 98.2 Å². The number of carbonyl (C=O) groups excluding carboxylic acids is 1. The van der Waals surface area contributed by atoms with Gasteiger partial charge in [-0.2, -0.15) is 0 Å². The summed E-state index contributed by atoms with van der Waals surface area (Å²) < 4.78 is 45.2. The van der Waals surface area contributed by atoms with Gasteiger partial charge >= 0.3 is 5.97 Å². The van der Waals surface area contributed by atoms with E-state index in [1.807, 2.05) is 0 Å². The van der Waals surface area contributed by atoms with Crippen molar-refractivity contribution in [3.8, 4) is 11.3 Å². The van der Waals surface area contributed by atoms with Gasteiger partial charge in [0, 0.05) is 0 Å². The van der Waals surface area contributed by atoms with Gasteiger partial charge < -0.3 is 4.74 Å². The summed E-state index contributed by atoms with van der Waals surface area (Å²) in [6.07, 6.45) is 2.24. The third kappa shape index (κ3) is 3.31. The summed E-state index contributed by atoms with van der Waals surface area (Å²) in [4.78, 5) is 18.8. The van der Waals surface area contributed by atoms with Gasteiger partial charge in [-0.25, -0.2) is 27.3 Å². The van der Waals surface area contributed by atoms with Crippen LogP contribution in [-0.2, 0) is 14.8 Å². The molecule has 0 fully saturated rings. The Morgan fingerprint density at radius 3 is 2.65 bits per heavy atom. The second kappa shape index (κ2) is 6.57. The molecule has 2 rings (SSSR count). The molecule has 0 aliphatic heterocycles. The zero-order valence-corrected chi connectivity index (χ0v) is 13.6. The van der Waals surface area contributed by atoms with Crippen molar-refractivity contribution in [1.82, 2.24) is 14.7 Å². The molecule has 0 amide bonds. The van der Waals surface area contributed by atoms with Crippen molar-refractivity contribution in [2.45, 2.75) is 4.90 Å². The zero-order valence-electron chi connectivity index (χ0n) is 12.0. The molecule has 1 N–H and O–H groups in total. The Balaban J connectivity index is 2.77. The molecule has 2 aromatic rings. The first-order chi connectivity index (χ1) is 10.8. The molecule has 0 saturated carbocycles. The number of aromatic nitrogens is 2. The van der Waals surface area contributed by atoms with Crippen LogP contribution in [0.3, 0.4) is 0 Å². The molecule has 23 heavy (non-hydrogen) atoms. The van der Waals surface area contributed by atoms with Crippen LogP contribution < -0.4 is 4.72 Å². The number of hydrogen-bond donors (Lipinski definition) is 1. The van der Waals surface area contributed by atoms with E-state index < -0.39 is 21.8 Å². The summed E-state index contributed by atoms with van der Waals surface area (Å²) in [7, 11) is -1.66. The van der Waals surface area contributed by atoms with E-state index in [0.717, 1.165) is 31.6 Å². The number of carbonyl (C=O) groups is 1. The van der Waals surface area contributed by atoms with Gasteiger partial charge in [0.25, 0.3) is 0 Å². The van der Waals surface area contributed by atoms with Crippen molar-refractivity contribution in [3.63, 3.8) is 0 Å². The number of halogens is 2. The Morgan fingerprint density at radius 1 is 1.35 bits per heavy atom. The molecule has 0 radical (unpaired) electrons. The van der Waals surface area contributed by atoms with Crippen molar-refractivity contribution in [2.75, 3.05) is 14.2 Å². The maximum absolute atomic E-state index is 14.4. The van der Waals surface area contributed by atoms with Gasteiger partial charge in [-0.15, -0.1) is 0 Å². The predicted molar refractivity (Wildman–Crippen MR) is 80.0 cm³/mol. The van der Waals surface area contributed by atoms with Crippen LogP contribution in [0.25, 0.3) is 11.3 Å². The van der Waals surface area contributed by atoms with Crippen molar-refractivity contribution in [2.24, 2.45) is 0 Å². The molecule has 122 valence electrons. The summed E-state index contributed by atoms with van der Waals surface area (Å²) in [5, 5.41) is -0.291. The van der Waals surface area contributed by atoms with Crippen molar-refractivity contribution in [3.05, 3.63) is 41.1 Å². The molecule has 1 heterocycles. The lowest BCUT2D eigenvalue weighted by molar-refractivity contribution is 0.0593. The molecule has 0 spiro atoms. The first-order valence-electron chi connectivity index (χ1n) is 6.14. The lowest BCUT2D eigenvalue weighted by atomic mass is 10.1. The quantitative estimate of drug-likeness (QED) is 0.833. The molecule has 0 aliphatic rings. The number of rotatable bonds is 4. The van der Waals surface area contributed by atoms with Crippen LogP contribution >= 0.6 is 11.6 Å². The fourth-order valence-corrected chi connectivity index (χ4v) is 2.88. The Bertz CT molecular complexity index is 874. The van der Waals surface area contributed by atoms with Crippen molar-refractivity contribution >= 4 is 27.6 Å². The lowest BCUT2D eigenvalue weighted by Crippen LogP contribution is -2.20. The van der Waals surface area contributed by atoms with E-state index in [4.69, 9.17) is 11.6 Å². The van der Waals surface area contributed by atoms with E-state index in [2.05, 4.69) is 19.4 Å². The fraction of sp³-hybridized carbons (Fsp3) is 0.154. The van der Waals surface area contributed by atoms with Gasteiger partial charge in [0.05, 0.1) is 40.7 Å². The Kier molecular flexibility index (Phi) is 4.93. The highest BCUT2D eigenvalue weighted by Gasteiger charge is 2.24. The molecule has 7 nitrogen and oxygen atoms in total. The summed E-state index contributed by atoms with van der Waals surface area (Å²) in [6.45, 7) is 0. The van der Waals surface area contributed by atoms with Gasteiger partial charge in [0.1, 0.15) is 0 Å². The number of esters is 1. The van der Waals surface area contributed by atoms with E-state index >= 15 is 0 Å². The number of nitrogens with one attached hydrogen (secondary N) is 1. The number of hydrogen-bond acceptors (Lipinski definition) is 6. The van der Waals surface area contributed by atoms with Crippen LogP contribution in [0.5, 0.6) is 0 Å². The van der Waals surface area contributed by atoms with Crippen LogP contribution in [0.1, 0.15) is 10.5 Å². The van der Waals surface area contributed by atoms with Gasteiger partial charge in [-0.1, -0.05) is 11.6 Å². The first-order valence-corrected chi connectivity index (χ1v) is 8.00. The summed E-state index contributed by atoms with van der Waals surface area (Å²) in [6, 6.07) is 2.25. The number of sulfonamides is 1. The fourth-order valence-electron chi connectivity index (χ4n) is 1.79. The summed E-state index contributed by atoms with van der Waals surface area (Å²) in [5.41, 5.74) is -0.746. The summed E-state index contributed by atoms with van der Waals surface area (Å²) in [5.74, 6) is -1.78. The SMILES string of the molecule is CNS(=O)(=O)c1ccc(Cl)c(F)c1-c1cncc(C(=O)OC)n1. The van der Waals surface area contributed by atoms with Crippen molar-refractivity contribution in [1.29, 1.82) is 0 Å². The molecule has 1 aromatic carbocycles. The molecule has 0 aliphatic carbocycles. The highest BCUT2D eigenvalue weighted by Crippen LogP contribution is 2.32. The number of benzene rings is 1. The smallest absolute Gasteiger partial charge is 0.358 e. The molecule has 10 heteroatoms. The maximum atomic E-state index is 14.4. The van der Waals surface area contributed by atoms with E-state index in [-0.39, 0.29) is 26.9 Å². The highest BCUT2D eigenvalue weighted by molar-refractivity contribution is 7.89. The third-order valence-electron chi connectivity index (χ3n) is 2.90. The second-order valence-corrected chi connectivity index (χ2v) is 6.49. The van der Waals surface area contributed by atoms with Gasteiger partial charge in [-0.05, 0) is 19.2 Å². The van der Waals surface area contributed by atoms with Gasteiger partial charge in [0.15, 0.2) is 11.5 Å². The minimum atomic E-state index is -3.99. The number of methoxy groups -OCH3 is 1. The average Bonchev–Trinajstić information content (AvgIpc) is 2.56. The van der Waals surface area contributed by atoms with Crippen LogP contribution in [0.4, 0.5) is 4.39 Å². The zero-order chi connectivity index (χ0) is 17.2. The highest BCUT2D eigenvalue weighted by atomic mass is 35.5. The standard InChI is InChI=1S/C13H11ClFN3O4S/c1-16-23(20,21)10-4-3-7(14)12(15)11(10)8-5-17-6-9(18-8)13(19)22-2/h3-6,16H,1-2H3. The monoisotopic (exact) mass is 359 g/mol. The van der Waals surface area contributed by atoms with Crippen molar-refractivity contribution < 1.29 is 22.3 Å². The second-order valence-electron chi connectivity index (χ2n) is 4.22. The van der Waals surface area contributed by atoms with Crippen LogP contribution in [0.15, 0.2) is 29.4 Å². The molecule has 1 aromatic heterocycles. The lowest BCUT2D eigenvalue weighted by Gasteiger charge is -2.11. The molecular formula is C13H11ClFN3O4S. The Morgan fingerprint density at radius 2 is 2.04 bits per heavy atom. The normalized spacial score (nSPS) is 11.3. The van der Waals surface area contributed by atoms with E-state index in [1.54, 1.807) is 0 Å².